The van der Waals surface area contributed by atoms with Gasteiger partial charge in [0.05, 0.1) is 0 Å². The standard InChI is InChI=1S/C10H22N2O2/c1-3-6-14-7-4-5-12-8-9(2)10(11)13/h9,12H,3-8H2,1-2H3,(H2,11,13). The highest BCUT2D eigenvalue weighted by Gasteiger charge is 2.06. The van der Waals surface area contributed by atoms with Crippen LogP contribution in [0.4, 0.5) is 0 Å². The fraction of sp³-hybridized carbons (Fsp3) is 0.900. The van der Waals surface area contributed by atoms with Crippen LogP contribution in [0.1, 0.15) is 26.7 Å². The second-order valence-corrected chi connectivity index (χ2v) is 3.47. The molecule has 0 aromatic heterocycles. The fourth-order valence-electron chi connectivity index (χ4n) is 0.965. The Morgan fingerprint density at radius 3 is 2.79 bits per heavy atom. The lowest BCUT2D eigenvalue weighted by molar-refractivity contribution is -0.121. The molecule has 3 N–H and O–H groups in total. The molecule has 0 fully saturated rings. The summed E-state index contributed by atoms with van der Waals surface area (Å²) in [5, 5.41) is 3.16. The third-order valence-electron chi connectivity index (χ3n) is 1.93. The maximum atomic E-state index is 10.7. The van der Waals surface area contributed by atoms with Crippen LogP contribution in [0, 0.1) is 5.92 Å². The Morgan fingerprint density at radius 1 is 1.50 bits per heavy atom. The van der Waals surface area contributed by atoms with Gasteiger partial charge in [0.1, 0.15) is 0 Å². The van der Waals surface area contributed by atoms with Crippen LogP contribution >= 0.6 is 0 Å². The van der Waals surface area contributed by atoms with Crippen molar-refractivity contribution >= 4 is 5.91 Å². The molecule has 1 unspecified atom stereocenters. The predicted octanol–water partition coefficient (Wildman–Crippen LogP) is 0.514. The van der Waals surface area contributed by atoms with Crippen LogP contribution in [-0.4, -0.2) is 32.2 Å². The Bertz CT molecular complexity index is 151. The van der Waals surface area contributed by atoms with Crippen molar-refractivity contribution in [2.45, 2.75) is 26.7 Å². The van der Waals surface area contributed by atoms with Crippen molar-refractivity contribution in [3.63, 3.8) is 0 Å². The number of ether oxygens (including phenoxy) is 1. The highest BCUT2D eigenvalue weighted by atomic mass is 16.5. The molecule has 4 heteroatoms. The van der Waals surface area contributed by atoms with Crippen LogP contribution in [0.25, 0.3) is 0 Å². The first kappa shape index (κ1) is 13.4. The summed E-state index contributed by atoms with van der Waals surface area (Å²) in [6, 6.07) is 0. The number of hydrogen-bond acceptors (Lipinski definition) is 3. The molecule has 1 atom stereocenters. The van der Waals surface area contributed by atoms with E-state index in [1.807, 2.05) is 6.92 Å². The van der Waals surface area contributed by atoms with Gasteiger partial charge in [-0.15, -0.1) is 0 Å². The number of nitrogens with two attached hydrogens (primary N) is 1. The molecule has 0 saturated carbocycles. The van der Waals surface area contributed by atoms with Gasteiger partial charge in [-0.3, -0.25) is 4.79 Å². The number of hydrogen-bond donors (Lipinski definition) is 2. The van der Waals surface area contributed by atoms with Crippen molar-refractivity contribution < 1.29 is 9.53 Å². The summed E-state index contributed by atoms with van der Waals surface area (Å²) in [5.74, 6) is -0.341. The van der Waals surface area contributed by atoms with Crippen molar-refractivity contribution in [3.8, 4) is 0 Å². The third-order valence-corrected chi connectivity index (χ3v) is 1.93. The van der Waals surface area contributed by atoms with E-state index in [1.165, 1.54) is 0 Å². The average molecular weight is 202 g/mol. The number of rotatable bonds is 9. The second-order valence-electron chi connectivity index (χ2n) is 3.47. The molecule has 1 amide bonds. The van der Waals surface area contributed by atoms with E-state index in [0.717, 1.165) is 32.6 Å². The van der Waals surface area contributed by atoms with E-state index >= 15 is 0 Å². The van der Waals surface area contributed by atoms with Crippen LogP contribution in [0.2, 0.25) is 0 Å². The molecule has 0 heterocycles. The van der Waals surface area contributed by atoms with Crippen LogP contribution in [0.5, 0.6) is 0 Å². The first-order valence-electron chi connectivity index (χ1n) is 5.26. The maximum absolute atomic E-state index is 10.7. The molecule has 0 rings (SSSR count). The zero-order valence-electron chi connectivity index (χ0n) is 9.21. The summed E-state index contributed by atoms with van der Waals surface area (Å²) in [7, 11) is 0. The molecular formula is C10H22N2O2. The lowest BCUT2D eigenvalue weighted by atomic mass is 10.2. The minimum Gasteiger partial charge on any atom is -0.381 e. The zero-order chi connectivity index (χ0) is 10.8. The van der Waals surface area contributed by atoms with Crippen LogP contribution < -0.4 is 11.1 Å². The topological polar surface area (TPSA) is 64.3 Å². The van der Waals surface area contributed by atoms with Crippen LogP contribution in [0.3, 0.4) is 0 Å². The molecule has 0 aliphatic carbocycles. The first-order chi connectivity index (χ1) is 6.68. The van der Waals surface area contributed by atoms with E-state index in [9.17, 15) is 4.79 Å². The molecule has 0 aliphatic heterocycles. The van der Waals surface area contributed by atoms with Gasteiger partial charge in [-0.1, -0.05) is 13.8 Å². The molecule has 0 saturated heterocycles. The van der Waals surface area contributed by atoms with E-state index in [-0.39, 0.29) is 11.8 Å². The molecule has 14 heavy (non-hydrogen) atoms. The summed E-state index contributed by atoms with van der Waals surface area (Å²) in [6.07, 6.45) is 2.04. The largest absolute Gasteiger partial charge is 0.381 e. The lowest BCUT2D eigenvalue weighted by Gasteiger charge is -2.08. The van der Waals surface area contributed by atoms with Crippen LogP contribution in [0.15, 0.2) is 0 Å². The Labute approximate surface area is 86.2 Å². The van der Waals surface area contributed by atoms with Gasteiger partial charge >= 0.3 is 0 Å². The summed E-state index contributed by atoms with van der Waals surface area (Å²) < 4.78 is 5.31. The number of nitrogens with one attached hydrogen (secondary N) is 1. The fourth-order valence-corrected chi connectivity index (χ4v) is 0.965. The van der Waals surface area contributed by atoms with Gasteiger partial charge in [-0.05, 0) is 19.4 Å². The SMILES string of the molecule is CCCOCCCNCC(C)C(N)=O. The van der Waals surface area contributed by atoms with Gasteiger partial charge in [0.15, 0.2) is 0 Å². The average Bonchev–Trinajstić information content (AvgIpc) is 2.16. The number of carbonyl (C=O) groups excluding carboxylic acids is 1. The minimum absolute atomic E-state index is 0.0911. The quantitative estimate of drug-likeness (QED) is 0.536. The monoisotopic (exact) mass is 202 g/mol. The van der Waals surface area contributed by atoms with Crippen molar-refractivity contribution in [3.05, 3.63) is 0 Å². The summed E-state index contributed by atoms with van der Waals surface area (Å²) >= 11 is 0. The number of amides is 1. The number of carbonyl (C=O) groups is 1. The predicted molar refractivity (Wildman–Crippen MR) is 57.0 cm³/mol. The molecule has 0 aromatic carbocycles. The highest BCUT2D eigenvalue weighted by Crippen LogP contribution is 1.90. The molecule has 84 valence electrons. The van der Waals surface area contributed by atoms with E-state index in [4.69, 9.17) is 10.5 Å². The molecule has 0 bridgehead atoms. The summed E-state index contributed by atoms with van der Waals surface area (Å²) in [5.41, 5.74) is 5.11. The molecule has 0 aliphatic rings. The second kappa shape index (κ2) is 8.97. The third kappa shape index (κ3) is 8.01. The minimum atomic E-state index is -0.250. The maximum Gasteiger partial charge on any atom is 0.221 e. The van der Waals surface area contributed by atoms with Gasteiger partial charge in [-0.2, -0.15) is 0 Å². The summed E-state index contributed by atoms with van der Waals surface area (Å²) in [6.45, 7) is 7.06. The zero-order valence-corrected chi connectivity index (χ0v) is 9.21. The Kier molecular flexibility index (Phi) is 8.57. The van der Waals surface area contributed by atoms with Crippen molar-refractivity contribution in [1.29, 1.82) is 0 Å². The molecule has 0 radical (unpaired) electrons. The van der Waals surface area contributed by atoms with Gasteiger partial charge in [-0.25, -0.2) is 0 Å². The smallest absolute Gasteiger partial charge is 0.221 e. The molecule has 0 aromatic rings. The van der Waals surface area contributed by atoms with Gasteiger partial charge < -0.3 is 15.8 Å². The Hall–Kier alpha value is -0.610. The van der Waals surface area contributed by atoms with E-state index in [0.29, 0.717) is 6.54 Å². The van der Waals surface area contributed by atoms with Crippen molar-refractivity contribution in [2.75, 3.05) is 26.3 Å². The lowest BCUT2D eigenvalue weighted by Crippen LogP contribution is -2.31. The van der Waals surface area contributed by atoms with E-state index in [2.05, 4.69) is 12.2 Å². The van der Waals surface area contributed by atoms with Gasteiger partial charge in [0, 0.05) is 25.7 Å². The first-order valence-corrected chi connectivity index (χ1v) is 5.26. The highest BCUT2D eigenvalue weighted by molar-refractivity contribution is 5.76. The molecule has 4 nitrogen and oxygen atoms in total. The van der Waals surface area contributed by atoms with Gasteiger partial charge in [0.25, 0.3) is 0 Å². The molecule has 0 spiro atoms. The number of primary amides is 1. The van der Waals surface area contributed by atoms with Crippen molar-refractivity contribution in [1.82, 2.24) is 5.32 Å². The Morgan fingerprint density at radius 2 is 2.21 bits per heavy atom. The van der Waals surface area contributed by atoms with Crippen molar-refractivity contribution in [2.24, 2.45) is 11.7 Å². The van der Waals surface area contributed by atoms with Crippen LogP contribution in [-0.2, 0) is 9.53 Å². The summed E-state index contributed by atoms with van der Waals surface area (Å²) in [4.78, 5) is 10.7. The Balaban J connectivity index is 3.09. The van der Waals surface area contributed by atoms with Gasteiger partial charge in [0.2, 0.25) is 5.91 Å². The normalized spacial score (nSPS) is 12.7. The molecular weight excluding hydrogens is 180 g/mol. The van der Waals surface area contributed by atoms with E-state index in [1.54, 1.807) is 0 Å². The van der Waals surface area contributed by atoms with E-state index < -0.39 is 0 Å².